The summed E-state index contributed by atoms with van der Waals surface area (Å²) in [4.78, 5) is 51.4. The monoisotopic (exact) mass is 493 g/mol. The van der Waals surface area contributed by atoms with Crippen molar-refractivity contribution in [3.8, 4) is 17.1 Å². The summed E-state index contributed by atoms with van der Waals surface area (Å²) < 4.78 is 11.9. The second-order valence-corrected chi connectivity index (χ2v) is 8.54. The number of pyridine rings is 2. The fourth-order valence-electron chi connectivity index (χ4n) is 4.63. The Hall–Kier alpha value is -4.05. The zero-order chi connectivity index (χ0) is 25.8. The molecule has 0 fully saturated rings. The minimum absolute atomic E-state index is 0.169. The van der Waals surface area contributed by atoms with E-state index in [-0.39, 0.29) is 37.2 Å². The molecule has 2 N–H and O–H groups in total. The summed E-state index contributed by atoms with van der Waals surface area (Å²) in [6.45, 7) is 4.29. The van der Waals surface area contributed by atoms with Gasteiger partial charge in [-0.1, -0.05) is 6.92 Å². The first kappa shape index (κ1) is 25.1. The van der Waals surface area contributed by atoms with Crippen LogP contribution in [-0.4, -0.2) is 40.1 Å². The van der Waals surface area contributed by atoms with E-state index in [1.54, 1.807) is 35.8 Å². The van der Waals surface area contributed by atoms with Gasteiger partial charge in [0, 0.05) is 23.9 Å². The largest absolute Gasteiger partial charge is 0.463 e. The van der Waals surface area contributed by atoms with Crippen LogP contribution >= 0.6 is 0 Å². The number of benzene rings is 1. The lowest BCUT2D eigenvalue weighted by Crippen LogP contribution is -2.26. The van der Waals surface area contributed by atoms with Crippen LogP contribution in [0.2, 0.25) is 0 Å². The molecule has 2 aromatic heterocycles. The molecular formula is C26H27N3O7. The van der Waals surface area contributed by atoms with E-state index in [2.05, 4.69) is 5.32 Å². The Balaban J connectivity index is 1.73. The normalized spacial score (nSPS) is 12.5. The van der Waals surface area contributed by atoms with E-state index >= 15 is 0 Å². The Morgan fingerprint density at radius 2 is 2.08 bits per heavy atom. The highest BCUT2D eigenvalue weighted by atomic mass is 16.5. The van der Waals surface area contributed by atoms with Crippen LogP contribution in [0.15, 0.2) is 29.1 Å². The first-order chi connectivity index (χ1) is 17.4. The second kappa shape index (κ2) is 10.7. The van der Waals surface area contributed by atoms with Crippen molar-refractivity contribution in [3.05, 3.63) is 56.9 Å². The standard InChI is InChI=1S/C26H27N3O7/c1-3-17-19-9-16(36-24(33)5-4-8-27-13-30)6-7-22(19)28-25-20(17)11-29-23(25)10-18(15(2)32)21(26(29)34)12-35-14-31/h6-7,9-10,13-15,32H,3-5,8,11-12H2,1-2H3,(H,27,30). The van der Waals surface area contributed by atoms with Crippen LogP contribution in [0, 0.1) is 0 Å². The summed E-state index contributed by atoms with van der Waals surface area (Å²) >= 11 is 0. The topological polar surface area (TPSA) is 137 Å². The molecule has 188 valence electrons. The van der Waals surface area contributed by atoms with Gasteiger partial charge in [-0.05, 0) is 55.2 Å². The Kier molecular flexibility index (Phi) is 7.44. The second-order valence-electron chi connectivity index (χ2n) is 8.54. The van der Waals surface area contributed by atoms with E-state index in [0.717, 1.165) is 16.5 Å². The number of aromatic nitrogens is 2. The SMILES string of the molecule is CCc1c2c(nc3ccc(OC(=O)CCCNC=O)cc13)-c1cc(C(C)O)c(COC=O)c(=O)n1C2. The van der Waals surface area contributed by atoms with Crippen LogP contribution in [0.25, 0.3) is 22.3 Å². The van der Waals surface area contributed by atoms with Crippen LogP contribution in [0.1, 0.15) is 55.0 Å². The lowest BCUT2D eigenvalue weighted by atomic mass is 9.98. The van der Waals surface area contributed by atoms with Crippen molar-refractivity contribution < 1.29 is 29.0 Å². The molecule has 1 aliphatic heterocycles. The number of aliphatic hydroxyl groups is 1. The predicted octanol–water partition coefficient (Wildman–Crippen LogP) is 2.15. The third-order valence-electron chi connectivity index (χ3n) is 6.29. The van der Waals surface area contributed by atoms with Gasteiger partial charge in [0.2, 0.25) is 6.41 Å². The molecule has 1 aliphatic rings. The van der Waals surface area contributed by atoms with Crippen molar-refractivity contribution in [2.24, 2.45) is 0 Å². The Bertz CT molecular complexity index is 1390. The number of ether oxygens (including phenoxy) is 2. The molecule has 1 aromatic carbocycles. The summed E-state index contributed by atoms with van der Waals surface area (Å²) in [6, 6.07) is 6.95. The van der Waals surface area contributed by atoms with E-state index in [0.29, 0.717) is 54.0 Å². The molecule has 1 amide bonds. The van der Waals surface area contributed by atoms with Gasteiger partial charge in [0.25, 0.3) is 12.0 Å². The highest BCUT2D eigenvalue weighted by molar-refractivity contribution is 5.89. The molecule has 36 heavy (non-hydrogen) atoms. The number of fused-ring (bicyclic) bond motifs is 4. The number of hydrogen-bond acceptors (Lipinski definition) is 8. The van der Waals surface area contributed by atoms with Crippen LogP contribution in [0.3, 0.4) is 0 Å². The third-order valence-corrected chi connectivity index (χ3v) is 6.29. The molecule has 0 bridgehead atoms. The first-order valence-electron chi connectivity index (χ1n) is 11.7. The minimum atomic E-state index is -0.935. The van der Waals surface area contributed by atoms with Gasteiger partial charge in [-0.3, -0.25) is 19.2 Å². The molecule has 3 aromatic rings. The summed E-state index contributed by atoms with van der Waals surface area (Å²) in [7, 11) is 0. The zero-order valence-electron chi connectivity index (χ0n) is 20.1. The summed E-state index contributed by atoms with van der Waals surface area (Å²) in [5, 5.41) is 13.6. The zero-order valence-corrected chi connectivity index (χ0v) is 20.1. The molecular weight excluding hydrogens is 466 g/mol. The molecule has 10 nitrogen and oxygen atoms in total. The molecule has 0 radical (unpaired) electrons. The molecule has 1 unspecified atom stereocenters. The van der Waals surface area contributed by atoms with Crippen molar-refractivity contribution in [2.45, 2.75) is 52.4 Å². The number of aliphatic hydroxyl groups excluding tert-OH is 1. The van der Waals surface area contributed by atoms with Crippen LogP contribution in [0.5, 0.6) is 5.75 Å². The highest BCUT2D eigenvalue weighted by Crippen LogP contribution is 2.38. The average molecular weight is 494 g/mol. The number of carbonyl (C=O) groups excluding carboxylic acids is 3. The lowest BCUT2D eigenvalue weighted by Gasteiger charge is -2.14. The van der Waals surface area contributed by atoms with E-state index in [1.165, 1.54) is 0 Å². The molecule has 0 saturated carbocycles. The summed E-state index contributed by atoms with van der Waals surface area (Å²) in [5.74, 6) is -0.00596. The molecule has 10 heteroatoms. The number of nitrogens with zero attached hydrogens (tertiary/aromatic N) is 2. The molecule has 3 heterocycles. The summed E-state index contributed by atoms with van der Waals surface area (Å²) in [5.41, 5.74) is 4.10. The van der Waals surface area contributed by atoms with Gasteiger partial charge in [-0.25, -0.2) is 4.98 Å². The Morgan fingerprint density at radius 3 is 2.78 bits per heavy atom. The Morgan fingerprint density at radius 1 is 1.28 bits per heavy atom. The maximum absolute atomic E-state index is 13.3. The number of aryl methyl sites for hydroxylation is 1. The minimum Gasteiger partial charge on any atom is -0.463 e. The van der Waals surface area contributed by atoms with Gasteiger partial charge in [0.15, 0.2) is 0 Å². The number of hydrogen-bond donors (Lipinski definition) is 2. The van der Waals surface area contributed by atoms with Crippen molar-refractivity contribution >= 4 is 29.8 Å². The maximum atomic E-state index is 13.3. The number of nitrogens with one attached hydrogen (secondary N) is 1. The first-order valence-corrected chi connectivity index (χ1v) is 11.7. The van der Waals surface area contributed by atoms with Gasteiger partial charge in [-0.15, -0.1) is 0 Å². The van der Waals surface area contributed by atoms with Crippen molar-refractivity contribution in [3.63, 3.8) is 0 Å². The van der Waals surface area contributed by atoms with Gasteiger partial charge >= 0.3 is 5.97 Å². The smallest absolute Gasteiger partial charge is 0.311 e. The number of carbonyl (C=O) groups is 3. The van der Waals surface area contributed by atoms with Crippen molar-refractivity contribution in [2.75, 3.05) is 6.54 Å². The number of rotatable bonds is 11. The average Bonchev–Trinajstić information content (AvgIpc) is 3.23. The molecule has 1 atom stereocenters. The van der Waals surface area contributed by atoms with Crippen molar-refractivity contribution in [1.29, 1.82) is 0 Å². The number of amides is 1. The fraction of sp³-hybridized carbons (Fsp3) is 0.346. The van der Waals surface area contributed by atoms with Gasteiger partial charge in [-0.2, -0.15) is 0 Å². The fourth-order valence-corrected chi connectivity index (χ4v) is 4.63. The van der Waals surface area contributed by atoms with Crippen LogP contribution < -0.4 is 15.6 Å². The van der Waals surface area contributed by atoms with Gasteiger partial charge in [0.1, 0.15) is 12.4 Å². The van der Waals surface area contributed by atoms with Gasteiger partial charge < -0.3 is 24.5 Å². The van der Waals surface area contributed by atoms with E-state index in [1.807, 2.05) is 6.92 Å². The molecule has 0 aliphatic carbocycles. The lowest BCUT2D eigenvalue weighted by molar-refractivity contribution is -0.134. The van der Waals surface area contributed by atoms with E-state index in [4.69, 9.17) is 14.5 Å². The maximum Gasteiger partial charge on any atom is 0.311 e. The van der Waals surface area contributed by atoms with E-state index in [9.17, 15) is 24.3 Å². The van der Waals surface area contributed by atoms with E-state index < -0.39 is 12.1 Å². The van der Waals surface area contributed by atoms with Crippen molar-refractivity contribution in [1.82, 2.24) is 14.9 Å². The van der Waals surface area contributed by atoms with Gasteiger partial charge in [0.05, 0.1) is 35.1 Å². The van der Waals surface area contributed by atoms with Crippen LogP contribution in [-0.2, 0) is 38.7 Å². The predicted molar refractivity (Wildman–Crippen MR) is 130 cm³/mol. The third kappa shape index (κ3) is 4.72. The highest BCUT2D eigenvalue weighted by Gasteiger charge is 2.28. The molecule has 4 rings (SSSR count). The number of esters is 1. The van der Waals surface area contributed by atoms with Crippen LogP contribution in [0.4, 0.5) is 0 Å². The Labute approximate surface area is 206 Å². The quantitative estimate of drug-likeness (QED) is 0.140. The summed E-state index contributed by atoms with van der Waals surface area (Å²) in [6.07, 6.45) is 0.951. The molecule has 0 spiro atoms. The molecule has 0 saturated heterocycles.